The van der Waals surface area contributed by atoms with Crippen LogP contribution in [0.2, 0.25) is 0 Å². The van der Waals surface area contributed by atoms with Crippen molar-refractivity contribution in [3.05, 3.63) is 58.6 Å². The van der Waals surface area contributed by atoms with Gasteiger partial charge in [0, 0.05) is 12.6 Å². The first-order valence-corrected chi connectivity index (χ1v) is 6.92. The molecule has 0 atom stereocenters. The number of hydrogen-bond acceptors (Lipinski definition) is 3. The van der Waals surface area contributed by atoms with Gasteiger partial charge in [0.25, 0.3) is 0 Å². The van der Waals surface area contributed by atoms with Crippen LogP contribution >= 0.6 is 0 Å². The Balaban J connectivity index is 2.12. The van der Waals surface area contributed by atoms with E-state index in [9.17, 15) is 4.79 Å². The number of rotatable bonds is 4. The molecule has 2 aromatic heterocycles. The van der Waals surface area contributed by atoms with Crippen molar-refractivity contribution in [1.82, 2.24) is 14.1 Å². The second-order valence-electron chi connectivity index (χ2n) is 4.77. The van der Waals surface area contributed by atoms with Gasteiger partial charge >= 0.3 is 5.69 Å². The van der Waals surface area contributed by atoms with E-state index in [2.05, 4.69) is 4.98 Å². The van der Waals surface area contributed by atoms with Gasteiger partial charge in [-0.2, -0.15) is 0 Å². The predicted molar refractivity (Wildman–Crippen MR) is 81.8 cm³/mol. The Bertz CT molecular complexity index is 833. The van der Waals surface area contributed by atoms with Crippen LogP contribution in [0.15, 0.2) is 47.3 Å². The number of imidazole rings is 1. The van der Waals surface area contributed by atoms with Crippen LogP contribution in [0.25, 0.3) is 11.0 Å². The highest BCUT2D eigenvalue weighted by atomic mass is 16.5. The maximum absolute atomic E-state index is 12.5. The van der Waals surface area contributed by atoms with Gasteiger partial charge in [-0.1, -0.05) is 18.2 Å². The third kappa shape index (κ3) is 2.31. The Morgan fingerprint density at radius 3 is 2.43 bits per heavy atom. The highest BCUT2D eigenvalue weighted by Crippen LogP contribution is 2.15. The molecule has 0 aliphatic rings. The zero-order valence-electron chi connectivity index (χ0n) is 12.1. The highest BCUT2D eigenvalue weighted by molar-refractivity contribution is 5.76. The van der Waals surface area contributed by atoms with E-state index in [1.807, 2.05) is 43.3 Å². The summed E-state index contributed by atoms with van der Waals surface area (Å²) in [6.45, 7) is 3.06. The molecule has 1 aromatic carbocycles. The van der Waals surface area contributed by atoms with E-state index in [0.717, 1.165) is 16.7 Å². The molecule has 0 bridgehead atoms. The largest absolute Gasteiger partial charge is 0.481 e. The lowest BCUT2D eigenvalue weighted by atomic mass is 10.3. The topological polar surface area (TPSA) is 49.0 Å². The predicted octanol–water partition coefficient (Wildman–Crippen LogP) is 2.27. The van der Waals surface area contributed by atoms with Gasteiger partial charge in [0.15, 0.2) is 0 Å². The number of hydrogen-bond donors (Lipinski definition) is 0. The molecule has 0 saturated carbocycles. The van der Waals surface area contributed by atoms with Gasteiger partial charge in [-0.25, -0.2) is 9.78 Å². The summed E-state index contributed by atoms with van der Waals surface area (Å²) >= 11 is 0. The molecule has 0 saturated heterocycles. The van der Waals surface area contributed by atoms with Crippen LogP contribution in [-0.2, 0) is 13.1 Å². The summed E-state index contributed by atoms with van der Waals surface area (Å²) in [6, 6.07) is 13.4. The van der Waals surface area contributed by atoms with Crippen LogP contribution in [0.3, 0.4) is 0 Å². The van der Waals surface area contributed by atoms with Crippen LogP contribution in [0.5, 0.6) is 5.88 Å². The fourth-order valence-electron chi connectivity index (χ4n) is 2.55. The van der Waals surface area contributed by atoms with E-state index in [4.69, 9.17) is 4.74 Å². The first-order chi connectivity index (χ1) is 10.2. The summed E-state index contributed by atoms with van der Waals surface area (Å²) in [7, 11) is 1.58. The minimum Gasteiger partial charge on any atom is -0.481 e. The number of nitrogens with zero attached hydrogens (tertiary/aromatic N) is 3. The number of aromatic nitrogens is 3. The number of fused-ring (bicyclic) bond motifs is 1. The summed E-state index contributed by atoms with van der Waals surface area (Å²) in [4.78, 5) is 16.9. The number of pyridine rings is 1. The second-order valence-corrected chi connectivity index (χ2v) is 4.77. The minimum absolute atomic E-state index is 0.0108. The smallest absolute Gasteiger partial charge is 0.329 e. The van der Waals surface area contributed by atoms with Crippen LogP contribution in [0, 0.1) is 0 Å². The van der Waals surface area contributed by atoms with E-state index in [0.29, 0.717) is 19.0 Å². The molecule has 0 radical (unpaired) electrons. The Morgan fingerprint density at radius 1 is 1.05 bits per heavy atom. The van der Waals surface area contributed by atoms with E-state index < -0.39 is 0 Å². The number of para-hydroxylation sites is 2. The summed E-state index contributed by atoms with van der Waals surface area (Å²) in [5.74, 6) is 0.555. The highest BCUT2D eigenvalue weighted by Gasteiger charge is 2.12. The number of benzene rings is 1. The van der Waals surface area contributed by atoms with Gasteiger partial charge in [-0.3, -0.25) is 9.13 Å². The molecule has 3 rings (SSSR count). The van der Waals surface area contributed by atoms with Crippen molar-refractivity contribution in [3.63, 3.8) is 0 Å². The lowest BCUT2D eigenvalue weighted by Gasteiger charge is -2.05. The molecule has 0 aliphatic heterocycles. The summed E-state index contributed by atoms with van der Waals surface area (Å²) < 4.78 is 8.66. The molecule has 0 spiro atoms. The van der Waals surface area contributed by atoms with Crippen molar-refractivity contribution >= 4 is 11.0 Å². The molecule has 3 aromatic rings. The van der Waals surface area contributed by atoms with Gasteiger partial charge in [0.2, 0.25) is 5.88 Å². The molecular formula is C16H17N3O2. The zero-order chi connectivity index (χ0) is 14.8. The standard InChI is InChI=1S/C16H17N3O2/c1-3-18-13-8-4-5-9-14(13)19(16(18)20)11-12-7-6-10-15(17-12)21-2/h4-10H,3,11H2,1-2H3. The molecule has 21 heavy (non-hydrogen) atoms. The molecule has 2 heterocycles. The van der Waals surface area contributed by atoms with Crippen molar-refractivity contribution in [2.45, 2.75) is 20.0 Å². The van der Waals surface area contributed by atoms with Gasteiger partial charge in [-0.05, 0) is 25.1 Å². The van der Waals surface area contributed by atoms with Crippen molar-refractivity contribution in [1.29, 1.82) is 0 Å². The third-order valence-corrected chi connectivity index (χ3v) is 3.55. The molecule has 0 aliphatic carbocycles. The third-order valence-electron chi connectivity index (χ3n) is 3.55. The van der Waals surface area contributed by atoms with E-state index in [1.54, 1.807) is 22.3 Å². The lowest BCUT2D eigenvalue weighted by molar-refractivity contribution is 0.396. The molecular weight excluding hydrogens is 266 g/mol. The number of ether oxygens (including phenoxy) is 1. The maximum Gasteiger partial charge on any atom is 0.329 e. The second kappa shape index (κ2) is 5.44. The van der Waals surface area contributed by atoms with Crippen molar-refractivity contribution in [2.75, 3.05) is 7.11 Å². The van der Waals surface area contributed by atoms with E-state index >= 15 is 0 Å². The number of aryl methyl sites for hydroxylation is 1. The van der Waals surface area contributed by atoms with Crippen LogP contribution in [0.1, 0.15) is 12.6 Å². The molecule has 5 nitrogen and oxygen atoms in total. The SMILES string of the molecule is CCn1c(=O)n(Cc2cccc(OC)n2)c2ccccc21. The molecule has 0 amide bonds. The molecule has 0 fully saturated rings. The first-order valence-electron chi connectivity index (χ1n) is 6.92. The normalized spacial score (nSPS) is 11.0. The van der Waals surface area contributed by atoms with Crippen LogP contribution in [-0.4, -0.2) is 21.2 Å². The monoisotopic (exact) mass is 283 g/mol. The molecule has 5 heteroatoms. The van der Waals surface area contributed by atoms with Crippen LogP contribution in [0.4, 0.5) is 0 Å². The Hall–Kier alpha value is -2.56. The molecule has 0 unspecified atom stereocenters. The maximum atomic E-state index is 12.5. The lowest BCUT2D eigenvalue weighted by Crippen LogP contribution is -2.24. The fraction of sp³-hybridized carbons (Fsp3) is 0.250. The summed E-state index contributed by atoms with van der Waals surface area (Å²) in [5.41, 5.74) is 2.67. The molecule has 0 N–H and O–H groups in total. The van der Waals surface area contributed by atoms with Gasteiger partial charge < -0.3 is 4.74 Å². The quantitative estimate of drug-likeness (QED) is 0.738. The Kier molecular flexibility index (Phi) is 3.48. The summed E-state index contributed by atoms with van der Waals surface area (Å²) in [6.07, 6.45) is 0. The fourth-order valence-corrected chi connectivity index (χ4v) is 2.55. The minimum atomic E-state index is -0.0108. The van der Waals surface area contributed by atoms with Crippen molar-refractivity contribution < 1.29 is 4.74 Å². The summed E-state index contributed by atoms with van der Waals surface area (Å²) in [5, 5.41) is 0. The Morgan fingerprint density at radius 2 is 1.76 bits per heavy atom. The molecule has 108 valence electrons. The van der Waals surface area contributed by atoms with Gasteiger partial charge in [-0.15, -0.1) is 0 Å². The van der Waals surface area contributed by atoms with Gasteiger partial charge in [0.1, 0.15) is 0 Å². The first kappa shape index (κ1) is 13.4. The average Bonchev–Trinajstić information content (AvgIpc) is 2.79. The van der Waals surface area contributed by atoms with Crippen LogP contribution < -0.4 is 10.4 Å². The van der Waals surface area contributed by atoms with Crippen molar-refractivity contribution in [3.8, 4) is 5.88 Å². The van der Waals surface area contributed by atoms with Gasteiger partial charge in [0.05, 0.1) is 30.4 Å². The Labute approximate surface area is 122 Å². The van der Waals surface area contributed by atoms with E-state index in [1.165, 1.54) is 0 Å². The average molecular weight is 283 g/mol. The van der Waals surface area contributed by atoms with E-state index in [-0.39, 0.29) is 5.69 Å². The number of methoxy groups -OCH3 is 1. The zero-order valence-corrected chi connectivity index (χ0v) is 12.1. The van der Waals surface area contributed by atoms with Crippen molar-refractivity contribution in [2.24, 2.45) is 0 Å².